The first-order valence-corrected chi connectivity index (χ1v) is 23.1. The molecule has 0 aliphatic carbocycles. The maximum atomic E-state index is 4.95. The second kappa shape index (κ2) is 15.3. The summed E-state index contributed by atoms with van der Waals surface area (Å²) < 4.78 is 2.11. The number of fused-ring (bicyclic) bond motifs is 3. The fourth-order valence-corrected chi connectivity index (χ4v) is 11.0. The molecule has 0 aliphatic rings. The number of aromatic nitrogens is 6. The van der Waals surface area contributed by atoms with Gasteiger partial charge < -0.3 is 14.5 Å². The fraction of sp³-hybridized carbons (Fsp3) is 0.140. The van der Waals surface area contributed by atoms with Crippen molar-refractivity contribution in [1.29, 1.82) is 0 Å². The van der Waals surface area contributed by atoms with E-state index in [1.807, 2.05) is 62.6 Å². The molecular formula is C43H36N6Pt2Si2. The van der Waals surface area contributed by atoms with Gasteiger partial charge in [-0.05, 0) is 37.4 Å². The number of rotatable bonds is 7. The average Bonchev–Trinajstić information content (AvgIpc) is 3.50. The first-order chi connectivity index (χ1) is 24.6. The van der Waals surface area contributed by atoms with E-state index in [0.717, 1.165) is 55.7 Å². The van der Waals surface area contributed by atoms with Gasteiger partial charge in [0.05, 0.1) is 27.5 Å². The molecule has 0 N–H and O–H groups in total. The topological polar surface area (TPSA) is 69.4 Å². The van der Waals surface area contributed by atoms with Gasteiger partial charge in [-0.2, -0.15) is 62.6 Å². The van der Waals surface area contributed by atoms with Crippen LogP contribution < -0.4 is 20.7 Å². The molecular weight excluding hydrogens is 1050 g/mol. The Hall–Kier alpha value is -4.20. The van der Waals surface area contributed by atoms with E-state index >= 15 is 0 Å². The van der Waals surface area contributed by atoms with Crippen molar-refractivity contribution in [3.63, 3.8) is 0 Å². The van der Waals surface area contributed by atoms with Crippen LogP contribution in [-0.4, -0.2) is 45.9 Å². The zero-order valence-corrected chi connectivity index (χ0v) is 36.8. The third kappa shape index (κ3) is 7.10. The van der Waals surface area contributed by atoms with E-state index in [1.165, 1.54) is 20.7 Å². The molecule has 266 valence electrons. The van der Waals surface area contributed by atoms with Crippen LogP contribution in [0.25, 0.3) is 50.3 Å². The van der Waals surface area contributed by atoms with Crippen LogP contribution in [0.1, 0.15) is 11.4 Å². The maximum absolute atomic E-state index is 4.95. The van der Waals surface area contributed by atoms with E-state index in [9.17, 15) is 0 Å². The first-order valence-electron chi connectivity index (χ1n) is 17.1. The van der Waals surface area contributed by atoms with Gasteiger partial charge in [-0.1, -0.05) is 61.5 Å². The molecule has 0 radical (unpaired) electrons. The molecule has 0 fully saturated rings. The third-order valence-corrected chi connectivity index (χ3v) is 16.6. The van der Waals surface area contributed by atoms with E-state index in [0.29, 0.717) is 5.95 Å². The Morgan fingerprint density at radius 3 is 1.40 bits per heavy atom. The van der Waals surface area contributed by atoms with E-state index in [1.54, 1.807) is 0 Å². The molecule has 0 amide bonds. The molecule has 4 heterocycles. The van der Waals surface area contributed by atoms with E-state index < -0.39 is 16.1 Å². The summed E-state index contributed by atoms with van der Waals surface area (Å²) in [6, 6.07) is 48.9. The Bertz CT molecular complexity index is 2420. The molecule has 0 saturated heterocycles. The molecule has 0 bridgehead atoms. The smallest absolute Gasteiger partial charge is 0.327 e. The SMILES string of the molecule is Cc1nnc(-n2c3[c-]c([Si](C)(C)c4[c-]c(-c5ccccn5)ccc4)ccc3c3ccc([Si](C)(C)c4[c-]c(-c5ccccn5)ccc4)[c-]c32)nc1C.[Pt+2].[Pt+2]. The largest absolute Gasteiger partial charge is 2.00 e. The van der Waals surface area contributed by atoms with Gasteiger partial charge in [0.15, 0.2) is 0 Å². The molecule has 53 heavy (non-hydrogen) atoms. The van der Waals surface area contributed by atoms with Gasteiger partial charge >= 0.3 is 42.1 Å². The van der Waals surface area contributed by atoms with Crippen LogP contribution >= 0.6 is 0 Å². The quantitative estimate of drug-likeness (QED) is 0.134. The molecule has 0 spiro atoms. The summed E-state index contributed by atoms with van der Waals surface area (Å²) in [6.07, 6.45) is 3.65. The van der Waals surface area contributed by atoms with Crippen LogP contribution in [0.3, 0.4) is 0 Å². The minimum atomic E-state index is -2.27. The number of nitrogens with zero attached hydrogens (tertiary/aromatic N) is 6. The number of aryl methyl sites for hydroxylation is 2. The minimum Gasteiger partial charge on any atom is -0.327 e. The predicted octanol–water partition coefficient (Wildman–Crippen LogP) is 6.55. The summed E-state index contributed by atoms with van der Waals surface area (Å²) in [5.74, 6) is 0.520. The van der Waals surface area contributed by atoms with E-state index in [2.05, 4.69) is 136 Å². The Kier molecular flexibility index (Phi) is 11.1. The number of hydrogen-bond donors (Lipinski definition) is 0. The van der Waals surface area contributed by atoms with Gasteiger partial charge in [-0.25, -0.2) is 4.98 Å². The van der Waals surface area contributed by atoms with Gasteiger partial charge in [0.1, 0.15) is 0 Å². The number of hydrogen-bond acceptors (Lipinski definition) is 5. The third-order valence-electron chi connectivity index (χ3n) is 10.0. The molecule has 8 rings (SSSR count). The predicted molar refractivity (Wildman–Crippen MR) is 212 cm³/mol. The maximum Gasteiger partial charge on any atom is 2.00 e. The molecule has 10 heteroatoms. The molecule has 0 aliphatic heterocycles. The van der Waals surface area contributed by atoms with Crippen molar-refractivity contribution in [2.24, 2.45) is 0 Å². The standard InChI is InChI=1S/C43H36N6Si2.2Pt/c1-29-30(2)47-48-43(46-29)49-41-27-35(50(3,4)33-15-11-13-31(25-33)39-17-7-9-23-44-39)19-21-37(41)38-22-20-36(28-42(38)49)51(5,6)34-16-12-14-32(26-34)40-18-8-10-24-45-40;;/h7-24H,1-6H3;;/q-4;2*+2. The molecule has 6 nitrogen and oxygen atoms in total. The second-order valence-electron chi connectivity index (χ2n) is 14.0. The van der Waals surface area contributed by atoms with E-state index in [4.69, 9.17) is 4.98 Å². The van der Waals surface area contributed by atoms with Crippen molar-refractivity contribution in [1.82, 2.24) is 29.7 Å². The van der Waals surface area contributed by atoms with Gasteiger partial charge in [-0.3, -0.25) is 0 Å². The van der Waals surface area contributed by atoms with Crippen LogP contribution in [-0.2, 0) is 42.1 Å². The van der Waals surface area contributed by atoms with Crippen molar-refractivity contribution in [2.45, 2.75) is 40.0 Å². The van der Waals surface area contributed by atoms with Crippen LogP contribution in [0.5, 0.6) is 0 Å². The molecule has 4 aromatic heterocycles. The average molecular weight is 1080 g/mol. The minimum absolute atomic E-state index is 0. The summed E-state index contributed by atoms with van der Waals surface area (Å²) in [5.41, 5.74) is 7.32. The van der Waals surface area contributed by atoms with Crippen LogP contribution in [0, 0.1) is 38.1 Å². The van der Waals surface area contributed by atoms with Crippen LogP contribution in [0.2, 0.25) is 26.2 Å². The van der Waals surface area contributed by atoms with Gasteiger partial charge in [0.2, 0.25) is 0 Å². The van der Waals surface area contributed by atoms with Crippen LogP contribution in [0.15, 0.2) is 109 Å². The monoisotopic (exact) mass is 1080 g/mol. The molecule has 0 saturated carbocycles. The zero-order chi connectivity index (χ0) is 35.3. The Labute approximate surface area is 341 Å². The van der Waals surface area contributed by atoms with E-state index in [-0.39, 0.29) is 42.1 Å². The normalized spacial score (nSPS) is 11.7. The van der Waals surface area contributed by atoms with Crippen molar-refractivity contribution in [2.75, 3.05) is 0 Å². The van der Waals surface area contributed by atoms with Crippen molar-refractivity contribution in [3.8, 4) is 28.5 Å². The fourth-order valence-electron chi connectivity index (χ4n) is 6.63. The Morgan fingerprint density at radius 2 is 0.962 bits per heavy atom. The van der Waals surface area contributed by atoms with Gasteiger partial charge in [0, 0.05) is 12.4 Å². The Balaban J connectivity index is 0.00000240. The number of pyridine rings is 2. The van der Waals surface area contributed by atoms with Gasteiger partial charge in [-0.15, -0.1) is 75.1 Å². The van der Waals surface area contributed by atoms with Crippen molar-refractivity contribution in [3.05, 3.63) is 145 Å². The van der Waals surface area contributed by atoms with Crippen molar-refractivity contribution >= 4 is 58.7 Å². The summed E-state index contributed by atoms with van der Waals surface area (Å²) in [6.45, 7) is 13.3. The van der Waals surface area contributed by atoms with Crippen LogP contribution in [0.4, 0.5) is 0 Å². The number of benzene rings is 4. The Morgan fingerprint density at radius 1 is 0.491 bits per heavy atom. The molecule has 0 atom stereocenters. The molecule has 4 aromatic carbocycles. The summed E-state index contributed by atoms with van der Waals surface area (Å²) in [5, 5.41) is 16.0. The van der Waals surface area contributed by atoms with Gasteiger partial charge in [0.25, 0.3) is 5.95 Å². The van der Waals surface area contributed by atoms with Crippen molar-refractivity contribution < 1.29 is 42.1 Å². The second-order valence-corrected chi connectivity index (χ2v) is 22.7. The summed E-state index contributed by atoms with van der Waals surface area (Å²) in [7, 11) is -4.54. The molecule has 0 unspecified atom stereocenters. The summed E-state index contributed by atoms with van der Waals surface area (Å²) >= 11 is 0. The first kappa shape index (κ1) is 38.5. The molecule has 8 aromatic rings. The zero-order valence-electron chi connectivity index (χ0n) is 30.2. The summed E-state index contributed by atoms with van der Waals surface area (Å²) in [4.78, 5) is 14.1.